The molecule has 0 fully saturated rings. The lowest BCUT2D eigenvalue weighted by Crippen LogP contribution is -2.30. The molecular formula is C20H24N2O4. The Bertz CT molecular complexity index is 744. The average molecular weight is 356 g/mol. The minimum absolute atomic E-state index is 0.00435. The summed E-state index contributed by atoms with van der Waals surface area (Å²) in [6, 6.07) is 14.6. The van der Waals surface area contributed by atoms with Gasteiger partial charge in [0.2, 0.25) is 5.91 Å². The number of anilines is 1. The van der Waals surface area contributed by atoms with Crippen LogP contribution in [0.15, 0.2) is 48.5 Å². The highest BCUT2D eigenvalue weighted by Crippen LogP contribution is 2.27. The first-order valence-corrected chi connectivity index (χ1v) is 8.43. The second kappa shape index (κ2) is 9.46. The number of nitrogens with one attached hydrogen (secondary N) is 2. The molecule has 0 heterocycles. The fourth-order valence-corrected chi connectivity index (χ4v) is 2.34. The highest BCUT2D eigenvalue weighted by molar-refractivity contribution is 5.94. The Morgan fingerprint density at radius 3 is 2.31 bits per heavy atom. The molecule has 138 valence electrons. The molecule has 1 atom stereocenters. The molecular weight excluding hydrogens is 332 g/mol. The van der Waals surface area contributed by atoms with Crippen molar-refractivity contribution < 1.29 is 19.1 Å². The predicted molar refractivity (Wildman–Crippen MR) is 101 cm³/mol. The van der Waals surface area contributed by atoms with Gasteiger partial charge in [-0.2, -0.15) is 0 Å². The fourth-order valence-electron chi connectivity index (χ4n) is 2.34. The molecule has 2 aromatic carbocycles. The van der Waals surface area contributed by atoms with Crippen molar-refractivity contribution in [2.24, 2.45) is 0 Å². The third-order valence-corrected chi connectivity index (χ3v) is 3.88. The summed E-state index contributed by atoms with van der Waals surface area (Å²) in [4.78, 5) is 23.6. The lowest BCUT2D eigenvalue weighted by molar-refractivity contribution is -0.122. The zero-order valence-electron chi connectivity index (χ0n) is 15.2. The summed E-state index contributed by atoms with van der Waals surface area (Å²) in [6.07, 6.45) is 0.409. The minimum Gasteiger partial charge on any atom is -0.493 e. The largest absolute Gasteiger partial charge is 0.493 e. The van der Waals surface area contributed by atoms with E-state index in [1.807, 2.05) is 36.4 Å². The molecule has 0 saturated heterocycles. The van der Waals surface area contributed by atoms with Gasteiger partial charge >= 0.3 is 0 Å². The molecule has 0 radical (unpaired) electrons. The van der Waals surface area contributed by atoms with Gasteiger partial charge in [-0.15, -0.1) is 0 Å². The van der Waals surface area contributed by atoms with Crippen molar-refractivity contribution in [1.82, 2.24) is 5.32 Å². The molecule has 2 amide bonds. The molecule has 2 aromatic rings. The van der Waals surface area contributed by atoms with Crippen LogP contribution in [-0.4, -0.2) is 32.1 Å². The Morgan fingerprint density at radius 1 is 1.04 bits per heavy atom. The van der Waals surface area contributed by atoms with Crippen LogP contribution < -0.4 is 20.1 Å². The molecule has 26 heavy (non-hydrogen) atoms. The maximum absolute atomic E-state index is 12.3. The van der Waals surface area contributed by atoms with Crippen molar-refractivity contribution >= 4 is 17.5 Å². The van der Waals surface area contributed by atoms with E-state index in [1.165, 1.54) is 0 Å². The van der Waals surface area contributed by atoms with Gasteiger partial charge in [0.05, 0.1) is 7.11 Å². The lowest BCUT2D eigenvalue weighted by Gasteiger charge is -2.16. The van der Waals surface area contributed by atoms with E-state index in [0.717, 1.165) is 5.56 Å². The van der Waals surface area contributed by atoms with E-state index in [9.17, 15) is 9.59 Å². The van der Waals surface area contributed by atoms with Gasteiger partial charge in [0.25, 0.3) is 5.91 Å². The fraction of sp³-hybridized carbons (Fsp3) is 0.300. The average Bonchev–Trinajstić information content (AvgIpc) is 2.67. The number of carbonyl (C=O) groups is 2. The Hall–Kier alpha value is -3.02. The van der Waals surface area contributed by atoms with Crippen LogP contribution in [0.5, 0.6) is 11.5 Å². The molecule has 0 aliphatic carbocycles. The van der Waals surface area contributed by atoms with E-state index >= 15 is 0 Å². The number of hydrogen-bond acceptors (Lipinski definition) is 4. The maximum atomic E-state index is 12.3. The minimum atomic E-state index is -0.681. The number of para-hydroxylation sites is 2. The summed E-state index contributed by atoms with van der Waals surface area (Å²) < 4.78 is 10.9. The van der Waals surface area contributed by atoms with Crippen LogP contribution in [0.25, 0.3) is 0 Å². The molecule has 6 nitrogen and oxygen atoms in total. The number of aryl methyl sites for hydroxylation is 1. The normalized spacial score (nSPS) is 11.3. The topological polar surface area (TPSA) is 76.7 Å². The second-order valence-corrected chi connectivity index (χ2v) is 5.77. The van der Waals surface area contributed by atoms with Crippen LogP contribution >= 0.6 is 0 Å². The van der Waals surface area contributed by atoms with Crippen molar-refractivity contribution in [1.29, 1.82) is 0 Å². The lowest BCUT2D eigenvalue weighted by atomic mass is 10.1. The number of amides is 2. The van der Waals surface area contributed by atoms with Crippen LogP contribution in [-0.2, 0) is 16.0 Å². The molecule has 0 bridgehead atoms. The van der Waals surface area contributed by atoms with Gasteiger partial charge in [0.1, 0.15) is 0 Å². The van der Waals surface area contributed by atoms with Crippen molar-refractivity contribution in [3.8, 4) is 11.5 Å². The van der Waals surface area contributed by atoms with Gasteiger partial charge in [-0.3, -0.25) is 9.59 Å². The van der Waals surface area contributed by atoms with Crippen LogP contribution in [0.3, 0.4) is 0 Å². The predicted octanol–water partition coefficient (Wildman–Crippen LogP) is 2.78. The van der Waals surface area contributed by atoms with Gasteiger partial charge in [0.15, 0.2) is 17.6 Å². The zero-order chi connectivity index (χ0) is 18.9. The van der Waals surface area contributed by atoms with Crippen LogP contribution in [0, 0.1) is 0 Å². The summed E-state index contributed by atoms with van der Waals surface area (Å²) in [5, 5.41) is 5.41. The summed E-state index contributed by atoms with van der Waals surface area (Å²) in [5.74, 6) is 0.841. The first-order valence-electron chi connectivity index (χ1n) is 8.43. The summed E-state index contributed by atoms with van der Waals surface area (Å²) in [7, 11) is 3.17. The van der Waals surface area contributed by atoms with Crippen LogP contribution in [0.4, 0.5) is 5.69 Å². The summed E-state index contributed by atoms with van der Waals surface area (Å²) >= 11 is 0. The smallest absolute Gasteiger partial charge is 0.265 e. The molecule has 1 unspecified atom stereocenters. The highest BCUT2D eigenvalue weighted by atomic mass is 16.5. The number of hydrogen-bond donors (Lipinski definition) is 2. The van der Waals surface area contributed by atoms with Crippen molar-refractivity contribution in [3.63, 3.8) is 0 Å². The Kier molecular flexibility index (Phi) is 7.02. The standard InChI is InChI=1S/C20H24N2O4/c1-14(26-18-7-5-4-6-17(18)25-3)20(24)22-16-11-8-15(9-12-16)10-13-19(23)21-2/h4-9,11-12,14H,10,13H2,1-3H3,(H,21,23)(H,22,24). The van der Waals surface area contributed by atoms with Crippen molar-refractivity contribution in [2.45, 2.75) is 25.9 Å². The molecule has 0 saturated carbocycles. The number of rotatable bonds is 8. The Morgan fingerprint density at radius 2 is 1.69 bits per heavy atom. The van der Waals surface area contributed by atoms with Gasteiger partial charge < -0.3 is 20.1 Å². The molecule has 0 aliphatic heterocycles. The Balaban J connectivity index is 1.91. The molecule has 0 aromatic heterocycles. The summed E-state index contributed by atoms with van der Waals surface area (Å²) in [5.41, 5.74) is 1.71. The van der Waals surface area contributed by atoms with E-state index in [-0.39, 0.29) is 11.8 Å². The van der Waals surface area contributed by atoms with Crippen molar-refractivity contribution in [2.75, 3.05) is 19.5 Å². The van der Waals surface area contributed by atoms with E-state index in [4.69, 9.17) is 9.47 Å². The van der Waals surface area contributed by atoms with Gasteiger partial charge in [-0.05, 0) is 43.2 Å². The van der Waals surface area contributed by atoms with Crippen LogP contribution in [0.2, 0.25) is 0 Å². The van der Waals surface area contributed by atoms with Crippen molar-refractivity contribution in [3.05, 3.63) is 54.1 Å². The van der Waals surface area contributed by atoms with E-state index < -0.39 is 6.10 Å². The highest BCUT2D eigenvalue weighted by Gasteiger charge is 2.16. The maximum Gasteiger partial charge on any atom is 0.265 e. The SMILES string of the molecule is CNC(=O)CCc1ccc(NC(=O)C(C)Oc2ccccc2OC)cc1. The first kappa shape index (κ1) is 19.3. The second-order valence-electron chi connectivity index (χ2n) is 5.77. The number of benzene rings is 2. The zero-order valence-corrected chi connectivity index (χ0v) is 15.2. The van der Waals surface area contributed by atoms with E-state index in [1.54, 1.807) is 33.2 Å². The Labute approximate surface area is 153 Å². The first-order chi connectivity index (χ1) is 12.5. The van der Waals surface area contributed by atoms with Crippen LogP contribution in [0.1, 0.15) is 18.9 Å². The molecule has 2 rings (SSSR count). The number of methoxy groups -OCH3 is 1. The van der Waals surface area contributed by atoms with Gasteiger partial charge in [-0.25, -0.2) is 0 Å². The van der Waals surface area contributed by atoms with Gasteiger partial charge in [0, 0.05) is 19.2 Å². The number of carbonyl (C=O) groups excluding carboxylic acids is 2. The third kappa shape index (κ3) is 5.51. The molecule has 2 N–H and O–H groups in total. The van der Waals surface area contributed by atoms with Gasteiger partial charge in [-0.1, -0.05) is 24.3 Å². The quantitative estimate of drug-likeness (QED) is 0.762. The molecule has 0 aliphatic rings. The molecule has 0 spiro atoms. The monoisotopic (exact) mass is 356 g/mol. The number of ether oxygens (including phenoxy) is 2. The van der Waals surface area contributed by atoms with E-state index in [0.29, 0.717) is 30.0 Å². The molecule has 6 heteroatoms. The van der Waals surface area contributed by atoms with E-state index in [2.05, 4.69) is 10.6 Å². The third-order valence-electron chi connectivity index (χ3n) is 3.88. The summed E-state index contributed by atoms with van der Waals surface area (Å²) in [6.45, 7) is 1.68.